The van der Waals surface area contributed by atoms with Crippen LogP contribution in [0.15, 0.2) is 56.2 Å². The molecule has 0 saturated carbocycles. The van der Waals surface area contributed by atoms with E-state index in [2.05, 4.69) is 5.16 Å². The van der Waals surface area contributed by atoms with Crippen LogP contribution in [0.1, 0.15) is 12.0 Å². The van der Waals surface area contributed by atoms with Crippen molar-refractivity contribution < 1.29 is 39.0 Å². The van der Waals surface area contributed by atoms with Crippen LogP contribution in [0.3, 0.4) is 0 Å². The third-order valence-corrected chi connectivity index (χ3v) is 7.74. The van der Waals surface area contributed by atoms with E-state index in [0.29, 0.717) is 17.7 Å². The summed E-state index contributed by atoms with van der Waals surface area (Å²) < 4.78 is 84.5. The van der Waals surface area contributed by atoms with E-state index in [4.69, 9.17) is 25.2 Å². The number of aryl methyl sites for hydroxylation is 1. The summed E-state index contributed by atoms with van der Waals surface area (Å²) in [6.45, 7) is 2.05. The molecule has 2 aromatic rings. The number of sulfone groups is 2. The molecular formula is C19H25N3O9S3. The summed E-state index contributed by atoms with van der Waals surface area (Å²) in [5.74, 6) is -0.0474. The van der Waals surface area contributed by atoms with Gasteiger partial charge in [0.1, 0.15) is 23.0 Å². The molecule has 0 unspecified atom stereocenters. The number of rotatable bonds is 11. The minimum atomic E-state index is -4.65. The van der Waals surface area contributed by atoms with Crippen molar-refractivity contribution in [3.05, 3.63) is 42.0 Å². The van der Waals surface area contributed by atoms with Crippen molar-refractivity contribution in [2.24, 2.45) is 16.6 Å². The minimum absolute atomic E-state index is 0.126. The van der Waals surface area contributed by atoms with E-state index in [1.165, 1.54) is 12.1 Å². The SMILES string of the molecule is Cc1cc(OCCCON=C(N)N)cc(OS(=O)(=O)c2ccc(S(C)(=O)=O)cc2S(C)(=O)=O)c1. The highest BCUT2D eigenvalue weighted by molar-refractivity contribution is 7.92. The second-order valence-electron chi connectivity index (χ2n) is 7.22. The first kappa shape index (κ1) is 27.2. The van der Waals surface area contributed by atoms with Crippen molar-refractivity contribution in [2.45, 2.75) is 28.0 Å². The van der Waals surface area contributed by atoms with Crippen molar-refractivity contribution in [1.82, 2.24) is 0 Å². The maximum Gasteiger partial charge on any atom is 0.340 e. The zero-order chi connectivity index (χ0) is 25.7. The van der Waals surface area contributed by atoms with Crippen LogP contribution >= 0.6 is 0 Å². The summed E-state index contributed by atoms with van der Waals surface area (Å²) in [6.07, 6.45) is 2.06. The molecule has 0 atom stereocenters. The smallest absolute Gasteiger partial charge is 0.340 e. The van der Waals surface area contributed by atoms with Gasteiger partial charge >= 0.3 is 10.1 Å². The lowest BCUT2D eigenvalue weighted by Crippen LogP contribution is -2.23. The molecule has 0 aliphatic rings. The largest absolute Gasteiger partial charge is 0.493 e. The van der Waals surface area contributed by atoms with Crippen LogP contribution in [0.2, 0.25) is 0 Å². The summed E-state index contributed by atoms with van der Waals surface area (Å²) in [6, 6.07) is 7.03. The van der Waals surface area contributed by atoms with Gasteiger partial charge in [-0.15, -0.1) is 0 Å². The molecular weight excluding hydrogens is 510 g/mol. The lowest BCUT2D eigenvalue weighted by molar-refractivity contribution is 0.127. The normalized spacial score (nSPS) is 12.1. The average Bonchev–Trinajstić information content (AvgIpc) is 2.68. The third kappa shape index (κ3) is 7.78. The van der Waals surface area contributed by atoms with E-state index < -0.39 is 39.6 Å². The van der Waals surface area contributed by atoms with Crippen molar-refractivity contribution in [3.8, 4) is 11.5 Å². The number of oxime groups is 1. The Bertz CT molecular complexity index is 1400. The number of ether oxygens (including phenoxy) is 1. The van der Waals surface area contributed by atoms with Gasteiger partial charge in [0.05, 0.1) is 16.4 Å². The van der Waals surface area contributed by atoms with Gasteiger partial charge < -0.3 is 25.2 Å². The predicted molar refractivity (Wildman–Crippen MR) is 124 cm³/mol. The number of hydrogen-bond donors (Lipinski definition) is 2. The summed E-state index contributed by atoms with van der Waals surface area (Å²) in [7, 11) is -12.6. The molecule has 2 rings (SSSR count). The highest BCUT2D eigenvalue weighted by Crippen LogP contribution is 2.30. The molecule has 0 radical (unpaired) electrons. The number of benzene rings is 2. The summed E-state index contributed by atoms with van der Waals surface area (Å²) in [5.41, 5.74) is 10.9. The average molecular weight is 536 g/mol. The Labute approximate surface area is 198 Å². The molecule has 0 spiro atoms. The van der Waals surface area contributed by atoms with Crippen molar-refractivity contribution in [2.75, 3.05) is 25.7 Å². The lowest BCUT2D eigenvalue weighted by atomic mass is 10.2. The van der Waals surface area contributed by atoms with E-state index in [-0.39, 0.29) is 29.8 Å². The second kappa shape index (κ2) is 10.5. The summed E-state index contributed by atoms with van der Waals surface area (Å²) >= 11 is 0. The molecule has 188 valence electrons. The first-order valence-corrected chi connectivity index (χ1v) is 14.7. The Balaban J connectivity index is 2.29. The molecule has 34 heavy (non-hydrogen) atoms. The molecule has 12 nitrogen and oxygen atoms in total. The van der Waals surface area contributed by atoms with Gasteiger partial charge in [0.2, 0.25) is 5.96 Å². The highest BCUT2D eigenvalue weighted by atomic mass is 32.2. The van der Waals surface area contributed by atoms with Gasteiger partial charge in [-0.3, -0.25) is 0 Å². The fourth-order valence-corrected chi connectivity index (χ4v) is 5.90. The Hall–Kier alpha value is -3.04. The number of nitrogens with two attached hydrogens (primary N) is 2. The molecule has 4 N–H and O–H groups in total. The van der Waals surface area contributed by atoms with Crippen LogP contribution in [0.4, 0.5) is 0 Å². The quantitative estimate of drug-likeness (QED) is 0.134. The fourth-order valence-electron chi connectivity index (χ4n) is 2.67. The van der Waals surface area contributed by atoms with Gasteiger partial charge in [0, 0.05) is 25.0 Å². The molecule has 0 aromatic heterocycles. The van der Waals surface area contributed by atoms with Crippen LogP contribution in [-0.2, 0) is 34.6 Å². The van der Waals surface area contributed by atoms with Crippen LogP contribution < -0.4 is 20.4 Å². The van der Waals surface area contributed by atoms with E-state index in [0.717, 1.165) is 30.7 Å². The Kier molecular flexibility index (Phi) is 8.39. The molecule has 2 aromatic carbocycles. The van der Waals surface area contributed by atoms with E-state index >= 15 is 0 Å². The van der Waals surface area contributed by atoms with Gasteiger partial charge in [-0.25, -0.2) is 16.8 Å². The molecule has 0 saturated heterocycles. The first-order valence-electron chi connectivity index (χ1n) is 9.53. The van der Waals surface area contributed by atoms with Crippen molar-refractivity contribution in [1.29, 1.82) is 0 Å². The van der Waals surface area contributed by atoms with Gasteiger partial charge in [-0.1, -0.05) is 0 Å². The highest BCUT2D eigenvalue weighted by Gasteiger charge is 2.28. The van der Waals surface area contributed by atoms with E-state index in [9.17, 15) is 25.3 Å². The third-order valence-electron chi connectivity index (χ3n) is 4.06. The van der Waals surface area contributed by atoms with Gasteiger partial charge in [0.15, 0.2) is 19.7 Å². The van der Waals surface area contributed by atoms with Crippen LogP contribution in [0.25, 0.3) is 0 Å². The number of hydrogen-bond acceptors (Lipinski definition) is 10. The Morgan fingerprint density at radius 1 is 0.853 bits per heavy atom. The minimum Gasteiger partial charge on any atom is -0.493 e. The predicted octanol–water partition coefficient (Wildman–Crippen LogP) is 0.544. The maximum absolute atomic E-state index is 12.9. The Morgan fingerprint density at radius 3 is 2.09 bits per heavy atom. The van der Waals surface area contributed by atoms with Gasteiger partial charge in [-0.2, -0.15) is 8.42 Å². The second-order valence-corrected chi connectivity index (χ2v) is 12.7. The topological polar surface area (TPSA) is 195 Å². The zero-order valence-electron chi connectivity index (χ0n) is 18.6. The van der Waals surface area contributed by atoms with Crippen molar-refractivity contribution in [3.63, 3.8) is 0 Å². The molecule has 0 fully saturated rings. The molecule has 0 amide bonds. The number of nitrogens with zero attached hydrogens (tertiary/aromatic N) is 1. The van der Waals surface area contributed by atoms with E-state index in [1.54, 1.807) is 13.0 Å². The lowest BCUT2D eigenvalue weighted by Gasteiger charge is -2.13. The summed E-state index contributed by atoms with van der Waals surface area (Å²) in [4.78, 5) is 3.10. The molecule has 0 bridgehead atoms. The summed E-state index contributed by atoms with van der Waals surface area (Å²) in [5, 5.41) is 3.36. The van der Waals surface area contributed by atoms with Crippen LogP contribution in [0, 0.1) is 6.92 Å². The first-order chi connectivity index (χ1) is 15.6. The molecule has 0 aliphatic carbocycles. The monoisotopic (exact) mass is 535 g/mol. The molecule has 0 aliphatic heterocycles. The molecule has 0 heterocycles. The fraction of sp³-hybridized carbons (Fsp3) is 0.316. The number of guanidine groups is 1. The van der Waals surface area contributed by atoms with E-state index in [1.807, 2.05) is 0 Å². The van der Waals surface area contributed by atoms with Crippen molar-refractivity contribution >= 4 is 35.8 Å². The molecule has 15 heteroatoms. The Morgan fingerprint density at radius 2 is 1.50 bits per heavy atom. The zero-order valence-corrected chi connectivity index (χ0v) is 21.0. The van der Waals surface area contributed by atoms with Gasteiger partial charge in [-0.05, 0) is 48.0 Å². The van der Waals surface area contributed by atoms with Crippen LogP contribution in [-0.4, -0.2) is 56.9 Å². The maximum atomic E-state index is 12.9. The van der Waals surface area contributed by atoms with Crippen LogP contribution in [0.5, 0.6) is 11.5 Å². The standard InChI is InChI=1S/C19H25N3O9S3/c1-13-9-14(29-7-4-8-30-22-19(20)21)11-15(10-13)31-34(27,28)17-6-5-16(32(2,23)24)12-18(17)33(3,25)26/h5-6,9-12H,4,7-8H2,1-3H3,(H4,20,21,22). The van der Waals surface area contributed by atoms with Gasteiger partial charge in [0.25, 0.3) is 0 Å².